The Morgan fingerprint density at radius 2 is 2.35 bits per heavy atom. The predicted octanol–water partition coefficient (Wildman–Crippen LogP) is 4.14. The van der Waals surface area contributed by atoms with Gasteiger partial charge < -0.3 is 8.98 Å². The molecule has 0 radical (unpaired) electrons. The first kappa shape index (κ1) is 11.4. The fourth-order valence-corrected chi connectivity index (χ4v) is 3.03. The van der Waals surface area contributed by atoms with Crippen LogP contribution in [0.3, 0.4) is 0 Å². The third kappa shape index (κ3) is 1.93. The minimum atomic E-state index is 0.400. The summed E-state index contributed by atoms with van der Waals surface area (Å²) in [4.78, 5) is 4.54. The van der Waals surface area contributed by atoms with E-state index in [0.29, 0.717) is 11.1 Å². The second-order valence-corrected chi connectivity index (χ2v) is 5.65. The lowest BCUT2D eigenvalue weighted by molar-refractivity contribution is 0.398. The molecule has 0 saturated heterocycles. The number of imidazole rings is 1. The van der Waals surface area contributed by atoms with E-state index in [4.69, 9.17) is 16.0 Å². The van der Waals surface area contributed by atoms with Crippen molar-refractivity contribution in [1.82, 2.24) is 9.55 Å². The van der Waals surface area contributed by atoms with Gasteiger partial charge in [0.15, 0.2) is 16.8 Å². The molecule has 1 aliphatic heterocycles. The van der Waals surface area contributed by atoms with Crippen LogP contribution in [0.15, 0.2) is 21.2 Å². The first-order valence-electron chi connectivity index (χ1n) is 5.65. The van der Waals surface area contributed by atoms with E-state index in [1.54, 1.807) is 6.07 Å². The predicted molar refractivity (Wildman–Crippen MR) is 70.1 cm³/mol. The molecule has 0 aromatic carbocycles. The minimum Gasteiger partial charge on any atom is -0.441 e. The number of aromatic nitrogens is 2. The molecule has 1 atom stereocenters. The third-order valence-electron chi connectivity index (χ3n) is 3.19. The van der Waals surface area contributed by atoms with Crippen molar-refractivity contribution < 1.29 is 4.42 Å². The molecule has 0 N–H and O–H groups in total. The summed E-state index contributed by atoms with van der Waals surface area (Å²) in [6, 6.07) is 3.61. The van der Waals surface area contributed by atoms with Crippen molar-refractivity contribution in [3.63, 3.8) is 0 Å². The summed E-state index contributed by atoms with van der Waals surface area (Å²) < 4.78 is 8.60. The number of furan rings is 1. The van der Waals surface area contributed by atoms with Gasteiger partial charge in [-0.1, -0.05) is 6.92 Å². The highest BCUT2D eigenvalue weighted by molar-refractivity contribution is 9.10. The van der Waals surface area contributed by atoms with Gasteiger partial charge >= 0.3 is 0 Å². The summed E-state index contributed by atoms with van der Waals surface area (Å²) in [5, 5.41) is 0.400. The van der Waals surface area contributed by atoms with E-state index in [1.807, 2.05) is 6.07 Å². The molecule has 2 aromatic rings. The van der Waals surface area contributed by atoms with Crippen molar-refractivity contribution in [3.8, 4) is 11.6 Å². The van der Waals surface area contributed by atoms with Crippen LogP contribution in [0.25, 0.3) is 11.6 Å². The highest BCUT2D eigenvalue weighted by Gasteiger charge is 2.24. The Balaban J connectivity index is 2.12. The molecule has 3 rings (SSSR count). The zero-order valence-corrected chi connectivity index (χ0v) is 11.8. The van der Waals surface area contributed by atoms with Gasteiger partial charge in [0.1, 0.15) is 4.60 Å². The van der Waals surface area contributed by atoms with Crippen molar-refractivity contribution in [3.05, 3.63) is 27.6 Å². The Hall–Kier alpha value is -0.740. The van der Waals surface area contributed by atoms with E-state index in [1.165, 1.54) is 12.1 Å². The van der Waals surface area contributed by atoms with E-state index < -0.39 is 0 Å². The van der Waals surface area contributed by atoms with Crippen LogP contribution in [0.1, 0.15) is 19.0 Å². The van der Waals surface area contributed by atoms with E-state index in [0.717, 1.165) is 29.2 Å². The fraction of sp³-hybridized carbons (Fsp3) is 0.417. The summed E-state index contributed by atoms with van der Waals surface area (Å²) in [6.07, 6.45) is 2.27. The van der Waals surface area contributed by atoms with Crippen molar-refractivity contribution >= 4 is 27.5 Å². The Labute approximate surface area is 113 Å². The van der Waals surface area contributed by atoms with Gasteiger partial charge in [0.05, 0.1) is 5.69 Å². The Bertz CT molecular complexity index is 561. The lowest BCUT2D eigenvalue weighted by Crippen LogP contribution is -2.18. The second kappa shape index (κ2) is 4.18. The van der Waals surface area contributed by atoms with E-state index in [-0.39, 0.29) is 0 Å². The van der Waals surface area contributed by atoms with Gasteiger partial charge in [-0.25, -0.2) is 4.98 Å². The van der Waals surface area contributed by atoms with Crippen LogP contribution in [0.5, 0.6) is 0 Å². The molecule has 3 heterocycles. The molecule has 0 aliphatic carbocycles. The fourth-order valence-electron chi connectivity index (χ4n) is 2.30. The molecule has 0 amide bonds. The Kier molecular flexibility index (Phi) is 2.79. The molecular weight excluding hydrogens is 304 g/mol. The van der Waals surface area contributed by atoms with Gasteiger partial charge in [0.25, 0.3) is 0 Å². The third-order valence-corrected chi connectivity index (χ3v) is 4.02. The first-order chi connectivity index (χ1) is 8.15. The van der Waals surface area contributed by atoms with Gasteiger partial charge in [0.2, 0.25) is 0 Å². The Morgan fingerprint density at radius 3 is 3.06 bits per heavy atom. The molecule has 0 fully saturated rings. The lowest BCUT2D eigenvalue weighted by Gasteiger charge is -2.22. The molecule has 1 unspecified atom stereocenters. The van der Waals surface area contributed by atoms with Crippen molar-refractivity contribution in [2.75, 3.05) is 0 Å². The first-order valence-corrected chi connectivity index (χ1v) is 6.83. The van der Waals surface area contributed by atoms with Gasteiger partial charge in [-0.15, -0.1) is 0 Å². The van der Waals surface area contributed by atoms with Crippen LogP contribution in [0.4, 0.5) is 0 Å². The maximum absolute atomic E-state index is 5.81. The number of hydrogen-bond donors (Lipinski definition) is 0. The zero-order valence-electron chi connectivity index (χ0n) is 9.41. The normalized spacial score (nSPS) is 19.4. The summed E-state index contributed by atoms with van der Waals surface area (Å²) in [5.74, 6) is 2.27. The average Bonchev–Trinajstić information content (AvgIpc) is 2.83. The summed E-state index contributed by atoms with van der Waals surface area (Å²) >= 11 is 9.33. The molecule has 0 bridgehead atoms. The van der Waals surface area contributed by atoms with Gasteiger partial charge in [-0.3, -0.25) is 0 Å². The molecule has 3 nitrogen and oxygen atoms in total. The number of rotatable bonds is 1. The smallest absolute Gasteiger partial charge is 0.194 e. The quantitative estimate of drug-likeness (QED) is 0.792. The number of hydrogen-bond acceptors (Lipinski definition) is 2. The summed E-state index contributed by atoms with van der Waals surface area (Å²) in [7, 11) is 0. The number of nitrogens with zero attached hydrogens (tertiary/aromatic N) is 2. The van der Waals surface area contributed by atoms with Crippen LogP contribution in [-0.2, 0) is 13.0 Å². The molecule has 1 aliphatic rings. The monoisotopic (exact) mass is 314 g/mol. The van der Waals surface area contributed by atoms with Crippen LogP contribution >= 0.6 is 27.5 Å². The highest BCUT2D eigenvalue weighted by Crippen LogP contribution is 2.33. The second-order valence-electron chi connectivity index (χ2n) is 4.53. The summed E-state index contributed by atoms with van der Waals surface area (Å²) in [5.41, 5.74) is 1.26. The number of fused-ring (bicyclic) bond motifs is 1. The van der Waals surface area contributed by atoms with Crippen LogP contribution in [0.2, 0.25) is 5.22 Å². The SMILES string of the molecule is CC1CCc2c(Br)nc(-c3ccc(Cl)o3)n2C1. The van der Waals surface area contributed by atoms with Crippen molar-refractivity contribution in [2.24, 2.45) is 5.92 Å². The van der Waals surface area contributed by atoms with Crippen molar-refractivity contribution in [1.29, 1.82) is 0 Å². The molecule has 0 saturated carbocycles. The van der Waals surface area contributed by atoms with E-state index in [2.05, 4.69) is 32.4 Å². The largest absolute Gasteiger partial charge is 0.441 e. The zero-order chi connectivity index (χ0) is 12.0. The topological polar surface area (TPSA) is 31.0 Å². The standard InChI is InChI=1S/C12H12BrClN2O/c1-7-2-3-8-11(13)15-12(16(8)6-7)9-4-5-10(14)17-9/h4-5,7H,2-3,6H2,1H3. The molecule has 2 aromatic heterocycles. The number of halogens is 2. The van der Waals surface area contributed by atoms with E-state index in [9.17, 15) is 0 Å². The molecule has 90 valence electrons. The Morgan fingerprint density at radius 1 is 1.53 bits per heavy atom. The minimum absolute atomic E-state index is 0.400. The van der Waals surface area contributed by atoms with Crippen LogP contribution in [0, 0.1) is 5.92 Å². The summed E-state index contributed by atoms with van der Waals surface area (Å²) in [6.45, 7) is 3.25. The molecule has 5 heteroatoms. The van der Waals surface area contributed by atoms with Crippen LogP contribution in [-0.4, -0.2) is 9.55 Å². The average molecular weight is 316 g/mol. The maximum Gasteiger partial charge on any atom is 0.194 e. The molecule has 17 heavy (non-hydrogen) atoms. The molecule has 0 spiro atoms. The van der Waals surface area contributed by atoms with Crippen molar-refractivity contribution in [2.45, 2.75) is 26.3 Å². The maximum atomic E-state index is 5.81. The van der Waals surface area contributed by atoms with E-state index >= 15 is 0 Å². The van der Waals surface area contributed by atoms with Gasteiger partial charge in [-0.05, 0) is 58.4 Å². The lowest BCUT2D eigenvalue weighted by atomic mass is 10.0. The molecular formula is C12H12BrClN2O. The van der Waals surface area contributed by atoms with Crippen LogP contribution < -0.4 is 0 Å². The van der Waals surface area contributed by atoms with Gasteiger partial charge in [0, 0.05) is 6.54 Å². The highest BCUT2D eigenvalue weighted by atomic mass is 79.9. The van der Waals surface area contributed by atoms with Gasteiger partial charge in [-0.2, -0.15) is 0 Å².